The standard InChI is InChI=1S/C12H19N5O2/c1-19-8-9-4-6-17(7-5-9)12(18)10-2-3-11(14-13)16-15-10/h2-3,9H,4-8,13H2,1H3,(H,14,16). The van der Waals surface area contributed by atoms with Gasteiger partial charge in [-0.05, 0) is 30.9 Å². The molecular formula is C12H19N5O2. The number of nitrogens with two attached hydrogens (primary N) is 1. The molecule has 1 aromatic rings. The Morgan fingerprint density at radius 2 is 2.21 bits per heavy atom. The molecule has 0 aromatic carbocycles. The summed E-state index contributed by atoms with van der Waals surface area (Å²) in [7, 11) is 1.71. The second kappa shape index (κ2) is 6.44. The molecule has 1 amide bonds. The molecule has 0 aliphatic carbocycles. The van der Waals surface area contributed by atoms with Crippen molar-refractivity contribution in [1.82, 2.24) is 15.1 Å². The summed E-state index contributed by atoms with van der Waals surface area (Å²) in [5.41, 5.74) is 2.73. The van der Waals surface area contributed by atoms with Crippen molar-refractivity contribution in [2.45, 2.75) is 12.8 Å². The number of aromatic nitrogens is 2. The van der Waals surface area contributed by atoms with E-state index in [4.69, 9.17) is 10.6 Å². The van der Waals surface area contributed by atoms with Crippen LogP contribution in [0.2, 0.25) is 0 Å². The third-order valence-corrected chi connectivity index (χ3v) is 3.34. The molecule has 1 aliphatic heterocycles. The van der Waals surface area contributed by atoms with E-state index in [1.54, 1.807) is 19.2 Å². The number of rotatable bonds is 4. The fraction of sp³-hybridized carbons (Fsp3) is 0.583. The van der Waals surface area contributed by atoms with Gasteiger partial charge in [-0.1, -0.05) is 0 Å². The number of likely N-dealkylation sites (tertiary alicyclic amines) is 1. The molecule has 0 unspecified atom stereocenters. The number of carbonyl (C=O) groups excluding carboxylic acids is 1. The zero-order chi connectivity index (χ0) is 13.7. The highest BCUT2D eigenvalue weighted by atomic mass is 16.5. The number of hydrazine groups is 1. The van der Waals surface area contributed by atoms with Crippen LogP contribution in [0.15, 0.2) is 12.1 Å². The Bertz CT molecular complexity index is 415. The topological polar surface area (TPSA) is 93.4 Å². The first-order chi connectivity index (χ1) is 9.24. The second-order valence-electron chi connectivity index (χ2n) is 4.64. The number of ether oxygens (including phenoxy) is 1. The smallest absolute Gasteiger partial charge is 0.274 e. The molecule has 1 aromatic heterocycles. The van der Waals surface area contributed by atoms with Crippen LogP contribution in [0.4, 0.5) is 5.82 Å². The summed E-state index contributed by atoms with van der Waals surface area (Å²) < 4.78 is 5.14. The summed E-state index contributed by atoms with van der Waals surface area (Å²) in [6.45, 7) is 2.25. The Hall–Kier alpha value is -1.73. The summed E-state index contributed by atoms with van der Waals surface area (Å²) in [5.74, 6) is 6.11. The molecule has 1 saturated heterocycles. The molecule has 19 heavy (non-hydrogen) atoms. The van der Waals surface area contributed by atoms with Crippen molar-refractivity contribution in [3.8, 4) is 0 Å². The maximum Gasteiger partial charge on any atom is 0.274 e. The lowest BCUT2D eigenvalue weighted by atomic mass is 9.97. The van der Waals surface area contributed by atoms with E-state index >= 15 is 0 Å². The van der Waals surface area contributed by atoms with E-state index in [1.807, 2.05) is 4.90 Å². The molecule has 1 fully saturated rings. The largest absolute Gasteiger partial charge is 0.384 e. The predicted molar refractivity (Wildman–Crippen MR) is 70.3 cm³/mol. The number of nitrogens with zero attached hydrogens (tertiary/aromatic N) is 3. The summed E-state index contributed by atoms with van der Waals surface area (Å²) in [5, 5.41) is 7.68. The highest BCUT2D eigenvalue weighted by Crippen LogP contribution is 2.18. The molecule has 2 heterocycles. The molecule has 2 rings (SSSR count). The number of anilines is 1. The lowest BCUT2D eigenvalue weighted by Crippen LogP contribution is -2.39. The van der Waals surface area contributed by atoms with Crippen molar-refractivity contribution in [2.24, 2.45) is 11.8 Å². The van der Waals surface area contributed by atoms with Crippen LogP contribution in [-0.2, 0) is 4.74 Å². The quantitative estimate of drug-likeness (QED) is 0.599. The number of carbonyl (C=O) groups is 1. The molecule has 0 atom stereocenters. The monoisotopic (exact) mass is 265 g/mol. The van der Waals surface area contributed by atoms with Crippen molar-refractivity contribution in [1.29, 1.82) is 0 Å². The SMILES string of the molecule is COCC1CCN(C(=O)c2ccc(NN)nn2)CC1. The third kappa shape index (κ3) is 3.39. The molecule has 7 nitrogen and oxygen atoms in total. The van der Waals surface area contributed by atoms with Crippen molar-refractivity contribution in [3.63, 3.8) is 0 Å². The zero-order valence-electron chi connectivity index (χ0n) is 11.0. The fourth-order valence-corrected chi connectivity index (χ4v) is 2.22. The van der Waals surface area contributed by atoms with Crippen LogP contribution in [0.1, 0.15) is 23.3 Å². The highest BCUT2D eigenvalue weighted by Gasteiger charge is 2.24. The number of amides is 1. The summed E-state index contributed by atoms with van der Waals surface area (Å²) in [6.07, 6.45) is 1.94. The van der Waals surface area contributed by atoms with Crippen LogP contribution < -0.4 is 11.3 Å². The summed E-state index contributed by atoms with van der Waals surface area (Å²) >= 11 is 0. The minimum absolute atomic E-state index is 0.0769. The fourth-order valence-electron chi connectivity index (χ4n) is 2.22. The molecular weight excluding hydrogens is 246 g/mol. The van der Waals surface area contributed by atoms with Crippen LogP contribution in [0.5, 0.6) is 0 Å². The van der Waals surface area contributed by atoms with Crippen LogP contribution in [-0.4, -0.2) is 47.8 Å². The Balaban J connectivity index is 1.93. The number of nitrogens with one attached hydrogen (secondary N) is 1. The zero-order valence-corrected chi connectivity index (χ0v) is 11.0. The Morgan fingerprint density at radius 3 is 2.74 bits per heavy atom. The lowest BCUT2D eigenvalue weighted by molar-refractivity contribution is 0.0607. The Kier molecular flexibility index (Phi) is 4.64. The lowest BCUT2D eigenvalue weighted by Gasteiger charge is -2.31. The Labute approximate surface area is 112 Å². The minimum atomic E-state index is -0.0769. The van der Waals surface area contributed by atoms with E-state index in [-0.39, 0.29) is 5.91 Å². The van der Waals surface area contributed by atoms with Gasteiger partial charge >= 0.3 is 0 Å². The van der Waals surface area contributed by atoms with Gasteiger partial charge in [-0.2, -0.15) is 0 Å². The van der Waals surface area contributed by atoms with Crippen LogP contribution in [0.3, 0.4) is 0 Å². The maximum absolute atomic E-state index is 12.2. The number of methoxy groups -OCH3 is 1. The summed E-state index contributed by atoms with van der Waals surface area (Å²) in [4.78, 5) is 14.0. The molecule has 0 radical (unpaired) electrons. The van der Waals surface area contributed by atoms with Gasteiger partial charge in [-0.15, -0.1) is 10.2 Å². The predicted octanol–water partition coefficient (Wildman–Crippen LogP) is 0.261. The van der Waals surface area contributed by atoms with Gasteiger partial charge in [0.25, 0.3) is 5.91 Å². The minimum Gasteiger partial charge on any atom is -0.384 e. The number of hydrogen-bond donors (Lipinski definition) is 2. The van der Waals surface area contributed by atoms with Crippen molar-refractivity contribution >= 4 is 11.7 Å². The van der Waals surface area contributed by atoms with Crippen molar-refractivity contribution in [2.75, 3.05) is 32.2 Å². The van der Waals surface area contributed by atoms with Crippen LogP contribution in [0.25, 0.3) is 0 Å². The van der Waals surface area contributed by atoms with Gasteiger partial charge in [-0.25, -0.2) is 5.84 Å². The average molecular weight is 265 g/mol. The first-order valence-corrected chi connectivity index (χ1v) is 6.33. The van der Waals surface area contributed by atoms with Crippen LogP contribution >= 0.6 is 0 Å². The van der Waals surface area contributed by atoms with Gasteiger partial charge in [-0.3, -0.25) is 4.79 Å². The highest BCUT2D eigenvalue weighted by molar-refractivity contribution is 5.92. The second-order valence-corrected chi connectivity index (χ2v) is 4.64. The first-order valence-electron chi connectivity index (χ1n) is 6.33. The molecule has 7 heteroatoms. The van der Waals surface area contributed by atoms with Gasteiger partial charge in [0.15, 0.2) is 11.5 Å². The van der Waals surface area contributed by atoms with E-state index in [9.17, 15) is 4.79 Å². The number of piperidine rings is 1. The molecule has 0 saturated carbocycles. The maximum atomic E-state index is 12.2. The van der Waals surface area contributed by atoms with Gasteiger partial charge in [0, 0.05) is 26.8 Å². The van der Waals surface area contributed by atoms with Gasteiger partial charge in [0.05, 0.1) is 0 Å². The van der Waals surface area contributed by atoms with E-state index in [1.165, 1.54) is 0 Å². The molecule has 3 N–H and O–H groups in total. The molecule has 104 valence electrons. The Morgan fingerprint density at radius 1 is 1.47 bits per heavy atom. The van der Waals surface area contributed by atoms with Crippen LogP contribution in [0, 0.1) is 5.92 Å². The van der Waals surface area contributed by atoms with Gasteiger partial charge in [0.1, 0.15) is 0 Å². The molecule has 0 spiro atoms. The van der Waals surface area contributed by atoms with Gasteiger partial charge in [0.2, 0.25) is 0 Å². The summed E-state index contributed by atoms with van der Waals surface area (Å²) in [6, 6.07) is 3.27. The van der Waals surface area contributed by atoms with Gasteiger partial charge < -0.3 is 15.1 Å². The van der Waals surface area contributed by atoms with E-state index in [2.05, 4.69) is 15.6 Å². The normalized spacial score (nSPS) is 16.4. The first kappa shape index (κ1) is 13.7. The van der Waals surface area contributed by atoms with E-state index in [0.717, 1.165) is 32.5 Å². The van der Waals surface area contributed by atoms with E-state index in [0.29, 0.717) is 17.4 Å². The van der Waals surface area contributed by atoms with Crippen molar-refractivity contribution in [3.05, 3.63) is 17.8 Å². The molecule has 1 aliphatic rings. The molecule has 0 bridgehead atoms. The van der Waals surface area contributed by atoms with E-state index < -0.39 is 0 Å². The van der Waals surface area contributed by atoms with Crippen molar-refractivity contribution < 1.29 is 9.53 Å². The third-order valence-electron chi connectivity index (χ3n) is 3.34. The number of nitrogen functional groups attached to an aromatic ring is 1. The number of hydrogen-bond acceptors (Lipinski definition) is 6. The average Bonchev–Trinajstić information content (AvgIpc) is 2.48.